The SMILES string of the molecule is COc1cccn1Cc1ccc(Cl)cc1. The summed E-state index contributed by atoms with van der Waals surface area (Å²) in [7, 11) is 1.67. The van der Waals surface area contributed by atoms with Crippen molar-refractivity contribution < 1.29 is 4.74 Å². The fraction of sp³-hybridized carbons (Fsp3) is 0.167. The Morgan fingerprint density at radius 1 is 1.20 bits per heavy atom. The first-order valence-corrected chi connectivity index (χ1v) is 5.11. The molecule has 2 nitrogen and oxygen atoms in total. The van der Waals surface area contributed by atoms with Crippen molar-refractivity contribution in [2.45, 2.75) is 6.54 Å². The Morgan fingerprint density at radius 2 is 1.93 bits per heavy atom. The van der Waals surface area contributed by atoms with Gasteiger partial charge in [-0.25, -0.2) is 0 Å². The van der Waals surface area contributed by atoms with Gasteiger partial charge >= 0.3 is 0 Å². The monoisotopic (exact) mass is 221 g/mol. The van der Waals surface area contributed by atoms with Gasteiger partial charge < -0.3 is 9.30 Å². The Kier molecular flexibility index (Phi) is 2.97. The number of rotatable bonds is 3. The number of halogens is 1. The molecule has 1 heterocycles. The van der Waals surface area contributed by atoms with Crippen molar-refractivity contribution in [1.29, 1.82) is 0 Å². The molecule has 2 rings (SSSR count). The number of ether oxygens (including phenoxy) is 1. The third kappa shape index (κ3) is 2.34. The smallest absolute Gasteiger partial charge is 0.193 e. The summed E-state index contributed by atoms with van der Waals surface area (Å²) in [6, 6.07) is 11.7. The lowest BCUT2D eigenvalue weighted by Crippen LogP contribution is -2.00. The molecule has 78 valence electrons. The van der Waals surface area contributed by atoms with Crippen molar-refractivity contribution in [2.24, 2.45) is 0 Å². The molecule has 0 atom stereocenters. The fourth-order valence-electron chi connectivity index (χ4n) is 1.50. The van der Waals surface area contributed by atoms with Crippen molar-refractivity contribution in [1.82, 2.24) is 4.57 Å². The topological polar surface area (TPSA) is 14.2 Å². The van der Waals surface area contributed by atoms with Gasteiger partial charge in [0.25, 0.3) is 0 Å². The molecule has 0 amide bonds. The summed E-state index contributed by atoms with van der Waals surface area (Å²) in [5, 5.41) is 0.762. The lowest BCUT2D eigenvalue weighted by Gasteiger charge is -2.07. The van der Waals surface area contributed by atoms with Gasteiger partial charge in [-0.05, 0) is 29.8 Å². The minimum Gasteiger partial charge on any atom is -0.482 e. The fourth-order valence-corrected chi connectivity index (χ4v) is 1.63. The number of methoxy groups -OCH3 is 1. The minimum absolute atomic E-state index is 0.762. The third-order valence-electron chi connectivity index (χ3n) is 2.26. The highest BCUT2D eigenvalue weighted by Crippen LogP contribution is 2.15. The highest BCUT2D eigenvalue weighted by molar-refractivity contribution is 6.30. The van der Waals surface area contributed by atoms with Crippen LogP contribution in [0.1, 0.15) is 5.56 Å². The van der Waals surface area contributed by atoms with Crippen molar-refractivity contribution in [3.05, 3.63) is 53.2 Å². The van der Waals surface area contributed by atoms with E-state index in [1.54, 1.807) is 7.11 Å². The number of aromatic nitrogens is 1. The summed E-state index contributed by atoms with van der Waals surface area (Å²) in [6.45, 7) is 0.799. The molecule has 0 aliphatic carbocycles. The molecule has 0 bridgehead atoms. The van der Waals surface area contributed by atoms with E-state index < -0.39 is 0 Å². The van der Waals surface area contributed by atoms with Crippen LogP contribution in [0, 0.1) is 0 Å². The maximum absolute atomic E-state index is 5.82. The van der Waals surface area contributed by atoms with Gasteiger partial charge in [0.2, 0.25) is 0 Å². The van der Waals surface area contributed by atoms with Crippen molar-refractivity contribution >= 4 is 11.6 Å². The average molecular weight is 222 g/mol. The highest BCUT2D eigenvalue weighted by atomic mass is 35.5. The zero-order chi connectivity index (χ0) is 10.7. The van der Waals surface area contributed by atoms with Crippen LogP contribution in [0.2, 0.25) is 5.02 Å². The molecule has 3 heteroatoms. The third-order valence-corrected chi connectivity index (χ3v) is 2.52. The molecule has 0 radical (unpaired) electrons. The quantitative estimate of drug-likeness (QED) is 0.777. The number of benzene rings is 1. The molecule has 0 saturated carbocycles. The summed E-state index contributed by atoms with van der Waals surface area (Å²) < 4.78 is 7.26. The number of hydrogen-bond acceptors (Lipinski definition) is 1. The van der Waals surface area contributed by atoms with Gasteiger partial charge in [0.05, 0.1) is 13.7 Å². The lowest BCUT2D eigenvalue weighted by atomic mass is 10.2. The number of hydrogen-bond donors (Lipinski definition) is 0. The largest absolute Gasteiger partial charge is 0.482 e. The Labute approximate surface area is 94.1 Å². The highest BCUT2D eigenvalue weighted by Gasteiger charge is 2.00. The first kappa shape index (κ1) is 10.1. The van der Waals surface area contributed by atoms with Crippen LogP contribution in [-0.4, -0.2) is 11.7 Å². The molecule has 0 N–H and O–H groups in total. The maximum Gasteiger partial charge on any atom is 0.193 e. The Hall–Kier alpha value is -1.41. The van der Waals surface area contributed by atoms with E-state index in [-0.39, 0.29) is 0 Å². The van der Waals surface area contributed by atoms with Crippen molar-refractivity contribution in [3.8, 4) is 5.88 Å². The second-order valence-corrected chi connectivity index (χ2v) is 3.74. The molecule has 1 aromatic carbocycles. The van der Waals surface area contributed by atoms with Gasteiger partial charge in [0.1, 0.15) is 0 Å². The average Bonchev–Trinajstić information content (AvgIpc) is 2.69. The Bertz CT molecular complexity index is 433. The van der Waals surface area contributed by atoms with E-state index >= 15 is 0 Å². The molecular weight excluding hydrogens is 210 g/mol. The molecule has 1 aromatic heterocycles. The predicted molar refractivity (Wildman–Crippen MR) is 61.5 cm³/mol. The van der Waals surface area contributed by atoms with Crippen LogP contribution in [0.25, 0.3) is 0 Å². The van der Waals surface area contributed by atoms with Gasteiger partial charge in [0.15, 0.2) is 5.88 Å². The van der Waals surface area contributed by atoms with Gasteiger partial charge in [-0.3, -0.25) is 0 Å². The van der Waals surface area contributed by atoms with Gasteiger partial charge in [0, 0.05) is 11.2 Å². The first-order chi connectivity index (χ1) is 7.29. The minimum atomic E-state index is 0.762. The van der Waals surface area contributed by atoms with Gasteiger partial charge in [-0.1, -0.05) is 23.7 Å². The van der Waals surface area contributed by atoms with E-state index in [0.717, 1.165) is 17.4 Å². The van der Waals surface area contributed by atoms with Gasteiger partial charge in [-0.15, -0.1) is 0 Å². The van der Waals surface area contributed by atoms with Crippen LogP contribution < -0.4 is 4.74 Å². The second-order valence-electron chi connectivity index (χ2n) is 3.30. The Balaban J connectivity index is 2.18. The lowest BCUT2D eigenvalue weighted by molar-refractivity contribution is 0.377. The van der Waals surface area contributed by atoms with Crippen LogP contribution in [0.4, 0.5) is 0 Å². The second kappa shape index (κ2) is 4.41. The van der Waals surface area contributed by atoms with Crippen molar-refractivity contribution in [2.75, 3.05) is 7.11 Å². The van der Waals surface area contributed by atoms with Crippen LogP contribution >= 0.6 is 11.6 Å². The molecule has 0 spiro atoms. The summed E-state index contributed by atoms with van der Waals surface area (Å²) in [5.74, 6) is 0.866. The summed E-state index contributed by atoms with van der Waals surface area (Å²) in [5.41, 5.74) is 1.20. The zero-order valence-corrected chi connectivity index (χ0v) is 9.24. The van der Waals surface area contributed by atoms with Crippen LogP contribution in [-0.2, 0) is 6.54 Å². The van der Waals surface area contributed by atoms with Crippen LogP contribution in [0.5, 0.6) is 5.88 Å². The summed E-state index contributed by atoms with van der Waals surface area (Å²) in [6.07, 6.45) is 1.99. The van der Waals surface area contributed by atoms with E-state index in [2.05, 4.69) is 0 Å². The van der Waals surface area contributed by atoms with Crippen LogP contribution in [0.15, 0.2) is 42.6 Å². The van der Waals surface area contributed by atoms with E-state index in [9.17, 15) is 0 Å². The van der Waals surface area contributed by atoms with E-state index in [0.29, 0.717) is 0 Å². The molecule has 0 fully saturated rings. The summed E-state index contributed by atoms with van der Waals surface area (Å²) >= 11 is 5.82. The first-order valence-electron chi connectivity index (χ1n) is 4.73. The number of nitrogens with zero attached hydrogens (tertiary/aromatic N) is 1. The molecule has 0 saturated heterocycles. The molecule has 0 aliphatic heterocycles. The Morgan fingerprint density at radius 3 is 2.60 bits per heavy atom. The summed E-state index contributed by atoms with van der Waals surface area (Å²) in [4.78, 5) is 0. The molecule has 0 aliphatic rings. The van der Waals surface area contributed by atoms with E-state index in [4.69, 9.17) is 16.3 Å². The van der Waals surface area contributed by atoms with E-state index in [1.165, 1.54) is 5.56 Å². The standard InChI is InChI=1S/C12H12ClNO/c1-15-12-3-2-8-14(12)9-10-4-6-11(13)7-5-10/h2-8H,9H2,1H3. The van der Waals surface area contributed by atoms with Crippen LogP contribution in [0.3, 0.4) is 0 Å². The molecule has 2 aromatic rings. The van der Waals surface area contributed by atoms with Crippen molar-refractivity contribution in [3.63, 3.8) is 0 Å². The van der Waals surface area contributed by atoms with E-state index in [1.807, 2.05) is 47.2 Å². The molecule has 0 unspecified atom stereocenters. The van der Waals surface area contributed by atoms with Gasteiger partial charge in [-0.2, -0.15) is 0 Å². The zero-order valence-electron chi connectivity index (χ0n) is 8.48. The predicted octanol–water partition coefficient (Wildman–Crippen LogP) is 3.20. The molecule has 15 heavy (non-hydrogen) atoms. The maximum atomic E-state index is 5.82. The molecular formula is C12H12ClNO. The normalized spacial score (nSPS) is 10.3.